The van der Waals surface area contributed by atoms with E-state index in [0.717, 1.165) is 0 Å². The summed E-state index contributed by atoms with van der Waals surface area (Å²) in [6.45, 7) is 0. The molecule has 0 aliphatic heterocycles. The van der Waals surface area contributed by atoms with Crippen LogP contribution in [0.5, 0.6) is 5.88 Å². The standard InChI is InChI=1S/C12H11NO5S/c1-17-11-8(3-2-6-13-11)7-19(16)10-5-4-9(18-10)12(14)15/h2-6H,7H2,1H3,(H,14,15). The minimum absolute atomic E-state index is 0.114. The average molecular weight is 281 g/mol. The number of pyridine rings is 1. The molecule has 0 aliphatic rings. The van der Waals surface area contributed by atoms with Crippen molar-refractivity contribution in [3.63, 3.8) is 0 Å². The minimum Gasteiger partial charge on any atom is -0.481 e. The SMILES string of the molecule is COc1ncccc1CS(=O)c1ccc(C(=O)O)o1. The van der Waals surface area contributed by atoms with E-state index in [9.17, 15) is 9.00 Å². The van der Waals surface area contributed by atoms with E-state index in [1.807, 2.05) is 0 Å². The summed E-state index contributed by atoms with van der Waals surface area (Å²) in [5, 5.41) is 8.84. The molecular formula is C12H11NO5S. The second kappa shape index (κ2) is 5.66. The van der Waals surface area contributed by atoms with Crippen LogP contribution < -0.4 is 4.74 Å². The third-order valence-electron chi connectivity index (χ3n) is 2.35. The highest BCUT2D eigenvalue weighted by Gasteiger charge is 2.16. The number of carbonyl (C=O) groups is 1. The first-order valence-electron chi connectivity index (χ1n) is 5.31. The Morgan fingerprint density at radius 3 is 2.89 bits per heavy atom. The monoisotopic (exact) mass is 281 g/mol. The summed E-state index contributed by atoms with van der Waals surface area (Å²) in [5.41, 5.74) is 0.664. The van der Waals surface area contributed by atoms with Crippen molar-refractivity contribution in [2.75, 3.05) is 7.11 Å². The molecular weight excluding hydrogens is 270 g/mol. The number of hydrogen-bond acceptors (Lipinski definition) is 5. The highest BCUT2D eigenvalue weighted by atomic mass is 32.2. The summed E-state index contributed by atoms with van der Waals surface area (Å²) in [4.78, 5) is 14.7. The van der Waals surface area contributed by atoms with Gasteiger partial charge >= 0.3 is 5.97 Å². The fourth-order valence-electron chi connectivity index (χ4n) is 1.49. The Morgan fingerprint density at radius 2 is 2.26 bits per heavy atom. The predicted molar refractivity (Wildman–Crippen MR) is 66.6 cm³/mol. The van der Waals surface area contributed by atoms with Gasteiger partial charge in [-0.15, -0.1) is 0 Å². The fourth-order valence-corrected chi connectivity index (χ4v) is 2.53. The van der Waals surface area contributed by atoms with Gasteiger partial charge in [0, 0.05) is 11.8 Å². The summed E-state index contributed by atoms with van der Waals surface area (Å²) in [6, 6.07) is 6.11. The normalized spacial score (nSPS) is 12.1. The first-order chi connectivity index (χ1) is 9.11. The van der Waals surface area contributed by atoms with Crippen LogP contribution in [0, 0.1) is 0 Å². The second-order valence-corrected chi connectivity index (χ2v) is 4.97. The molecule has 0 spiro atoms. The zero-order chi connectivity index (χ0) is 13.8. The summed E-state index contributed by atoms with van der Waals surface area (Å²) in [6.07, 6.45) is 1.57. The maximum absolute atomic E-state index is 12.1. The van der Waals surface area contributed by atoms with Crippen molar-refractivity contribution in [1.29, 1.82) is 0 Å². The van der Waals surface area contributed by atoms with Crippen molar-refractivity contribution in [3.8, 4) is 5.88 Å². The van der Waals surface area contributed by atoms with E-state index < -0.39 is 16.8 Å². The molecule has 1 N–H and O–H groups in total. The van der Waals surface area contributed by atoms with E-state index in [2.05, 4.69) is 4.98 Å². The highest BCUT2D eigenvalue weighted by Crippen LogP contribution is 2.20. The van der Waals surface area contributed by atoms with Gasteiger partial charge in [0.1, 0.15) is 0 Å². The van der Waals surface area contributed by atoms with Gasteiger partial charge < -0.3 is 14.3 Å². The van der Waals surface area contributed by atoms with Gasteiger partial charge in [0.15, 0.2) is 5.09 Å². The lowest BCUT2D eigenvalue weighted by Crippen LogP contribution is -2.00. The van der Waals surface area contributed by atoms with Crippen molar-refractivity contribution in [1.82, 2.24) is 4.98 Å². The Morgan fingerprint density at radius 1 is 1.47 bits per heavy atom. The van der Waals surface area contributed by atoms with Gasteiger partial charge in [0.25, 0.3) is 0 Å². The first kappa shape index (κ1) is 13.3. The minimum atomic E-state index is -1.49. The van der Waals surface area contributed by atoms with Gasteiger partial charge in [-0.25, -0.2) is 9.78 Å². The van der Waals surface area contributed by atoms with E-state index in [-0.39, 0.29) is 16.6 Å². The first-order valence-corrected chi connectivity index (χ1v) is 6.63. The molecule has 0 amide bonds. The molecule has 2 aromatic heterocycles. The Labute approximate surface area is 111 Å². The number of methoxy groups -OCH3 is 1. The van der Waals surface area contributed by atoms with Crippen LogP contribution in [0.4, 0.5) is 0 Å². The molecule has 0 aliphatic carbocycles. The number of aromatic nitrogens is 1. The molecule has 1 atom stereocenters. The molecule has 0 fully saturated rings. The van der Waals surface area contributed by atoms with Crippen molar-refractivity contribution >= 4 is 16.8 Å². The zero-order valence-electron chi connectivity index (χ0n) is 10.0. The van der Waals surface area contributed by atoms with E-state index in [4.69, 9.17) is 14.3 Å². The number of carboxylic acids is 1. The van der Waals surface area contributed by atoms with Gasteiger partial charge in [-0.05, 0) is 18.2 Å². The molecule has 0 saturated carbocycles. The summed E-state index contributed by atoms with van der Waals surface area (Å²) < 4.78 is 22.1. The predicted octanol–water partition coefficient (Wildman–Crippen LogP) is 1.69. The van der Waals surface area contributed by atoms with Crippen LogP contribution in [0.1, 0.15) is 16.1 Å². The third kappa shape index (κ3) is 3.00. The molecule has 19 heavy (non-hydrogen) atoms. The lowest BCUT2D eigenvalue weighted by molar-refractivity contribution is 0.0656. The van der Waals surface area contributed by atoms with Crippen LogP contribution in [0.3, 0.4) is 0 Å². The van der Waals surface area contributed by atoms with E-state index in [0.29, 0.717) is 11.4 Å². The summed E-state index contributed by atoms with van der Waals surface area (Å²) in [5.74, 6) is -0.895. The molecule has 0 bridgehead atoms. The smallest absolute Gasteiger partial charge is 0.371 e. The van der Waals surface area contributed by atoms with Gasteiger partial charge in [-0.1, -0.05) is 6.07 Å². The third-order valence-corrected chi connectivity index (χ3v) is 3.59. The van der Waals surface area contributed by atoms with Crippen molar-refractivity contribution in [2.24, 2.45) is 0 Å². The molecule has 1 unspecified atom stereocenters. The Balaban J connectivity index is 2.18. The Kier molecular flexibility index (Phi) is 3.96. The summed E-state index contributed by atoms with van der Waals surface area (Å²) in [7, 11) is -0.0156. The molecule has 2 heterocycles. The van der Waals surface area contributed by atoms with Crippen molar-refractivity contribution in [2.45, 2.75) is 10.8 Å². The number of furan rings is 1. The quantitative estimate of drug-likeness (QED) is 0.897. The van der Waals surface area contributed by atoms with Crippen molar-refractivity contribution in [3.05, 3.63) is 41.8 Å². The fraction of sp³-hybridized carbons (Fsp3) is 0.167. The zero-order valence-corrected chi connectivity index (χ0v) is 10.8. The number of hydrogen-bond donors (Lipinski definition) is 1. The second-order valence-electron chi connectivity index (χ2n) is 3.59. The van der Waals surface area contributed by atoms with Crippen LogP contribution in [0.2, 0.25) is 0 Å². The molecule has 2 rings (SSSR count). The number of ether oxygens (including phenoxy) is 1. The van der Waals surface area contributed by atoms with Gasteiger partial charge in [0.2, 0.25) is 11.6 Å². The number of rotatable bonds is 5. The topological polar surface area (TPSA) is 89.6 Å². The summed E-state index contributed by atoms with van der Waals surface area (Å²) >= 11 is 0. The van der Waals surface area contributed by atoms with E-state index in [1.54, 1.807) is 18.3 Å². The molecule has 0 aromatic carbocycles. The maximum atomic E-state index is 12.1. The van der Waals surface area contributed by atoms with E-state index >= 15 is 0 Å². The molecule has 2 aromatic rings. The van der Waals surface area contributed by atoms with Gasteiger partial charge in [-0.2, -0.15) is 0 Å². The van der Waals surface area contributed by atoms with Crippen molar-refractivity contribution < 1.29 is 23.3 Å². The van der Waals surface area contributed by atoms with Gasteiger partial charge in [-0.3, -0.25) is 4.21 Å². The van der Waals surface area contributed by atoms with Crippen LogP contribution in [0.25, 0.3) is 0 Å². The van der Waals surface area contributed by atoms with Gasteiger partial charge in [0.05, 0.1) is 23.7 Å². The molecule has 6 nitrogen and oxygen atoms in total. The largest absolute Gasteiger partial charge is 0.481 e. The molecule has 100 valence electrons. The number of carboxylic acid groups (broad SMARTS) is 1. The number of nitrogens with zero attached hydrogens (tertiary/aromatic N) is 1. The molecule has 0 radical (unpaired) electrons. The Bertz CT molecular complexity index is 622. The lowest BCUT2D eigenvalue weighted by atomic mass is 10.3. The Hall–Kier alpha value is -2.15. The van der Waals surface area contributed by atoms with Crippen LogP contribution >= 0.6 is 0 Å². The maximum Gasteiger partial charge on any atom is 0.371 e. The van der Waals surface area contributed by atoms with Crippen LogP contribution in [-0.4, -0.2) is 27.4 Å². The number of aromatic carboxylic acids is 1. The van der Waals surface area contributed by atoms with Crippen LogP contribution in [0.15, 0.2) is 40.0 Å². The highest BCUT2D eigenvalue weighted by molar-refractivity contribution is 7.84. The molecule has 7 heteroatoms. The van der Waals surface area contributed by atoms with Crippen LogP contribution in [-0.2, 0) is 16.6 Å². The lowest BCUT2D eigenvalue weighted by Gasteiger charge is -2.05. The average Bonchev–Trinajstić information content (AvgIpc) is 2.89. The molecule has 0 saturated heterocycles. The van der Waals surface area contributed by atoms with E-state index in [1.165, 1.54) is 19.2 Å².